The van der Waals surface area contributed by atoms with Crippen LogP contribution in [0.2, 0.25) is 5.02 Å². The molecule has 7 nitrogen and oxygen atoms in total. The van der Waals surface area contributed by atoms with Crippen molar-refractivity contribution in [3.8, 4) is 0 Å². The zero-order valence-corrected chi connectivity index (χ0v) is 15.7. The molecule has 3 rings (SSSR count). The van der Waals surface area contributed by atoms with Crippen molar-refractivity contribution in [1.82, 2.24) is 20.1 Å². The van der Waals surface area contributed by atoms with E-state index in [2.05, 4.69) is 10.6 Å². The second-order valence-electron chi connectivity index (χ2n) is 6.44. The van der Waals surface area contributed by atoms with Crippen molar-refractivity contribution in [2.24, 2.45) is 7.05 Å². The van der Waals surface area contributed by atoms with Gasteiger partial charge in [0, 0.05) is 30.4 Å². The molecule has 27 heavy (non-hydrogen) atoms. The second kappa shape index (κ2) is 8.26. The van der Waals surface area contributed by atoms with Crippen LogP contribution in [0, 0.1) is 0 Å². The molecule has 2 heterocycles. The lowest BCUT2D eigenvalue weighted by atomic mass is 10.1. The molecular weight excluding hydrogens is 368 g/mol. The van der Waals surface area contributed by atoms with Crippen LogP contribution < -0.4 is 10.6 Å². The minimum atomic E-state index is -0.694. The Morgan fingerprint density at radius 2 is 2.00 bits per heavy atom. The van der Waals surface area contributed by atoms with Gasteiger partial charge in [-0.3, -0.25) is 14.5 Å². The van der Waals surface area contributed by atoms with E-state index in [0.29, 0.717) is 17.1 Å². The number of aromatic nitrogens is 1. The van der Waals surface area contributed by atoms with Crippen LogP contribution in [0.1, 0.15) is 24.1 Å². The average Bonchev–Trinajstić information content (AvgIpc) is 3.17. The Balaban J connectivity index is 1.50. The molecule has 1 aliphatic heterocycles. The monoisotopic (exact) mass is 388 g/mol. The predicted octanol–water partition coefficient (Wildman–Crippen LogP) is 2.20. The van der Waals surface area contributed by atoms with E-state index in [0.717, 1.165) is 10.6 Å². The fraction of sp³-hybridized carbons (Fsp3) is 0.316. The van der Waals surface area contributed by atoms with Crippen molar-refractivity contribution in [3.63, 3.8) is 0 Å². The fourth-order valence-corrected chi connectivity index (χ4v) is 3.15. The summed E-state index contributed by atoms with van der Waals surface area (Å²) in [5.41, 5.74) is 1.68. The van der Waals surface area contributed by atoms with Crippen LogP contribution in [0.15, 0.2) is 42.6 Å². The summed E-state index contributed by atoms with van der Waals surface area (Å²) in [6, 6.07) is 9.74. The molecule has 1 aromatic heterocycles. The van der Waals surface area contributed by atoms with E-state index in [1.165, 1.54) is 0 Å². The SMILES string of the molecule is Cn1cccc1CNC(=O)CC[C@@H]1NC(=O)N(Cc2ccccc2Cl)C1=O. The number of nitrogens with one attached hydrogen (secondary N) is 2. The molecule has 8 heteroatoms. The first-order valence-electron chi connectivity index (χ1n) is 8.68. The molecule has 0 unspecified atom stereocenters. The largest absolute Gasteiger partial charge is 0.353 e. The molecule has 1 fully saturated rings. The summed E-state index contributed by atoms with van der Waals surface area (Å²) in [4.78, 5) is 37.8. The normalized spacial score (nSPS) is 16.5. The molecule has 0 aliphatic carbocycles. The molecule has 0 saturated carbocycles. The molecule has 2 N–H and O–H groups in total. The highest BCUT2D eigenvalue weighted by atomic mass is 35.5. The third-order valence-corrected chi connectivity index (χ3v) is 4.94. The molecule has 142 valence electrons. The van der Waals surface area contributed by atoms with Gasteiger partial charge < -0.3 is 15.2 Å². The highest BCUT2D eigenvalue weighted by Gasteiger charge is 2.38. The maximum Gasteiger partial charge on any atom is 0.325 e. The molecule has 1 saturated heterocycles. The van der Waals surface area contributed by atoms with E-state index in [9.17, 15) is 14.4 Å². The standard InChI is InChI=1S/C19H21ClN4O3/c1-23-10-4-6-14(23)11-21-17(25)9-8-16-18(26)24(19(27)22-16)12-13-5-2-3-7-15(13)20/h2-7,10,16H,8-9,11-12H2,1H3,(H,21,25)(H,22,27)/t16-/m0/s1. The third-order valence-electron chi connectivity index (χ3n) is 4.57. The van der Waals surface area contributed by atoms with Crippen molar-refractivity contribution < 1.29 is 14.4 Å². The summed E-state index contributed by atoms with van der Waals surface area (Å²) in [5, 5.41) is 5.96. The first-order chi connectivity index (χ1) is 13.0. The van der Waals surface area contributed by atoms with Crippen LogP contribution >= 0.6 is 11.6 Å². The lowest BCUT2D eigenvalue weighted by Gasteiger charge is -2.14. The number of nitrogens with zero attached hydrogens (tertiary/aromatic N) is 2. The Labute approximate surface area is 162 Å². The summed E-state index contributed by atoms with van der Waals surface area (Å²) >= 11 is 6.10. The zero-order valence-electron chi connectivity index (χ0n) is 14.9. The van der Waals surface area contributed by atoms with Gasteiger partial charge in [0.25, 0.3) is 5.91 Å². The Bertz CT molecular complexity index is 864. The van der Waals surface area contributed by atoms with E-state index in [4.69, 9.17) is 11.6 Å². The summed E-state index contributed by atoms with van der Waals surface area (Å²) in [5.74, 6) is -0.502. The highest BCUT2D eigenvalue weighted by Crippen LogP contribution is 2.20. The Morgan fingerprint density at radius 1 is 1.22 bits per heavy atom. The van der Waals surface area contributed by atoms with E-state index in [-0.39, 0.29) is 31.2 Å². The van der Waals surface area contributed by atoms with Gasteiger partial charge in [-0.1, -0.05) is 29.8 Å². The van der Waals surface area contributed by atoms with Crippen molar-refractivity contribution in [2.45, 2.75) is 32.0 Å². The molecule has 0 spiro atoms. The number of imide groups is 1. The number of halogens is 1. The first-order valence-corrected chi connectivity index (χ1v) is 9.05. The number of carbonyl (C=O) groups excluding carboxylic acids is 3. The fourth-order valence-electron chi connectivity index (χ4n) is 2.95. The maximum absolute atomic E-state index is 12.5. The second-order valence-corrected chi connectivity index (χ2v) is 6.85. The van der Waals surface area contributed by atoms with Crippen molar-refractivity contribution >= 4 is 29.4 Å². The smallest absolute Gasteiger partial charge is 0.325 e. The Morgan fingerprint density at radius 3 is 2.70 bits per heavy atom. The van der Waals surface area contributed by atoms with Gasteiger partial charge in [-0.2, -0.15) is 0 Å². The number of rotatable bonds is 7. The van der Waals surface area contributed by atoms with Gasteiger partial charge in [0.05, 0.1) is 13.1 Å². The molecule has 1 aliphatic rings. The molecule has 4 amide bonds. The highest BCUT2D eigenvalue weighted by molar-refractivity contribution is 6.31. The van der Waals surface area contributed by atoms with Gasteiger partial charge in [-0.25, -0.2) is 4.79 Å². The molecule has 1 aromatic carbocycles. The van der Waals surface area contributed by atoms with Crippen molar-refractivity contribution in [2.75, 3.05) is 0 Å². The minimum absolute atomic E-state index is 0.112. The van der Waals surface area contributed by atoms with Crippen molar-refractivity contribution in [1.29, 1.82) is 0 Å². The van der Waals surface area contributed by atoms with Gasteiger partial charge in [-0.05, 0) is 30.2 Å². The number of amides is 4. The predicted molar refractivity (Wildman–Crippen MR) is 101 cm³/mol. The molecule has 1 atom stereocenters. The van der Waals surface area contributed by atoms with E-state index in [1.54, 1.807) is 24.3 Å². The molecule has 2 aromatic rings. The Hall–Kier alpha value is -2.80. The van der Waals surface area contributed by atoms with Crippen LogP contribution in [0.25, 0.3) is 0 Å². The van der Waals surface area contributed by atoms with Gasteiger partial charge >= 0.3 is 6.03 Å². The lowest BCUT2D eigenvalue weighted by molar-refractivity contribution is -0.128. The van der Waals surface area contributed by atoms with Gasteiger partial charge in [0.15, 0.2) is 0 Å². The summed E-state index contributed by atoms with van der Waals surface area (Å²) in [6.07, 6.45) is 2.31. The zero-order chi connectivity index (χ0) is 19.4. The number of carbonyl (C=O) groups is 3. The lowest BCUT2D eigenvalue weighted by Crippen LogP contribution is -2.32. The first kappa shape index (κ1) is 19.0. The maximum atomic E-state index is 12.5. The summed E-state index contributed by atoms with van der Waals surface area (Å²) in [7, 11) is 1.90. The average molecular weight is 389 g/mol. The Kier molecular flexibility index (Phi) is 5.81. The van der Waals surface area contributed by atoms with Crippen molar-refractivity contribution in [3.05, 3.63) is 58.9 Å². The quantitative estimate of drug-likeness (QED) is 0.713. The van der Waals surface area contributed by atoms with E-state index < -0.39 is 12.1 Å². The third kappa shape index (κ3) is 4.49. The van der Waals surface area contributed by atoms with Crippen LogP contribution in [0.4, 0.5) is 4.79 Å². The number of hydrogen-bond donors (Lipinski definition) is 2. The van der Waals surface area contributed by atoms with Crippen LogP contribution in [-0.4, -0.2) is 33.4 Å². The molecule has 0 radical (unpaired) electrons. The number of hydrogen-bond acceptors (Lipinski definition) is 3. The number of aryl methyl sites for hydroxylation is 1. The van der Waals surface area contributed by atoms with Gasteiger partial charge in [0.2, 0.25) is 5.91 Å². The number of urea groups is 1. The van der Waals surface area contributed by atoms with E-state index >= 15 is 0 Å². The van der Waals surface area contributed by atoms with Gasteiger partial charge in [0.1, 0.15) is 6.04 Å². The van der Waals surface area contributed by atoms with Gasteiger partial charge in [-0.15, -0.1) is 0 Å². The summed E-state index contributed by atoms with van der Waals surface area (Å²) < 4.78 is 1.92. The van der Waals surface area contributed by atoms with Crippen LogP contribution in [0.5, 0.6) is 0 Å². The minimum Gasteiger partial charge on any atom is -0.353 e. The van der Waals surface area contributed by atoms with Crippen LogP contribution in [-0.2, 0) is 29.7 Å². The topological polar surface area (TPSA) is 83.4 Å². The van der Waals surface area contributed by atoms with Crippen LogP contribution in [0.3, 0.4) is 0 Å². The molecule has 0 bridgehead atoms. The molecular formula is C19H21ClN4O3. The number of benzene rings is 1. The van der Waals surface area contributed by atoms with E-state index in [1.807, 2.05) is 29.9 Å². The summed E-state index contributed by atoms with van der Waals surface area (Å²) in [6.45, 7) is 0.534.